The van der Waals surface area contributed by atoms with Gasteiger partial charge in [0.15, 0.2) is 0 Å². The summed E-state index contributed by atoms with van der Waals surface area (Å²) >= 11 is 2.23. The number of halogens is 1. The summed E-state index contributed by atoms with van der Waals surface area (Å²) in [6.07, 6.45) is 3.76. The molecule has 0 saturated carbocycles. The fourth-order valence-electron chi connectivity index (χ4n) is 2.54. The monoisotopic (exact) mass is 416 g/mol. The molecule has 3 heterocycles. The van der Waals surface area contributed by atoms with E-state index in [0.29, 0.717) is 18.1 Å². The summed E-state index contributed by atoms with van der Waals surface area (Å²) in [5.74, 6) is 0.606. The lowest BCUT2D eigenvalue weighted by molar-refractivity contribution is 0.485. The molecule has 0 atom stereocenters. The van der Waals surface area contributed by atoms with E-state index in [1.807, 2.05) is 42.1 Å². The molecule has 3 aromatic heterocycles. The van der Waals surface area contributed by atoms with E-state index in [1.165, 1.54) is 0 Å². The van der Waals surface area contributed by atoms with Gasteiger partial charge < -0.3 is 4.42 Å². The molecule has 0 spiro atoms. The first-order valence-corrected chi connectivity index (χ1v) is 8.27. The van der Waals surface area contributed by atoms with Crippen molar-refractivity contribution in [3.8, 4) is 11.1 Å². The maximum atomic E-state index is 5.84. The minimum atomic E-state index is 0.493. The standard InChI is InChI=1S/C17H13IN4O/c1-11-7-14(12-5-3-2-4-6-12)16-17(20-11)23-15(21-16)10-22-9-13(18)8-19-22/h2-9H,10H2,1H3. The largest absolute Gasteiger partial charge is 0.420 e. The summed E-state index contributed by atoms with van der Waals surface area (Å²) < 4.78 is 8.73. The van der Waals surface area contributed by atoms with Gasteiger partial charge in [0.1, 0.15) is 12.1 Å². The van der Waals surface area contributed by atoms with Crippen molar-refractivity contribution in [1.29, 1.82) is 0 Å². The molecule has 0 radical (unpaired) electrons. The lowest BCUT2D eigenvalue weighted by Crippen LogP contribution is -1.99. The van der Waals surface area contributed by atoms with Gasteiger partial charge in [-0.05, 0) is 41.1 Å². The van der Waals surface area contributed by atoms with Crippen LogP contribution in [-0.4, -0.2) is 19.7 Å². The van der Waals surface area contributed by atoms with Crippen molar-refractivity contribution in [3.63, 3.8) is 0 Å². The number of fused-ring (bicyclic) bond motifs is 1. The van der Waals surface area contributed by atoms with Gasteiger partial charge in [-0.15, -0.1) is 0 Å². The average molecular weight is 416 g/mol. The van der Waals surface area contributed by atoms with Crippen LogP contribution >= 0.6 is 22.6 Å². The van der Waals surface area contributed by atoms with E-state index in [2.05, 4.69) is 49.8 Å². The first-order valence-electron chi connectivity index (χ1n) is 7.19. The molecule has 5 nitrogen and oxygen atoms in total. The molecule has 0 fully saturated rings. The first-order chi connectivity index (χ1) is 11.2. The lowest BCUT2D eigenvalue weighted by atomic mass is 10.1. The van der Waals surface area contributed by atoms with Crippen molar-refractivity contribution in [2.75, 3.05) is 0 Å². The van der Waals surface area contributed by atoms with Crippen LogP contribution in [0, 0.1) is 10.5 Å². The fraction of sp³-hybridized carbons (Fsp3) is 0.118. The molecule has 4 aromatic rings. The van der Waals surface area contributed by atoms with Crippen LogP contribution in [0.4, 0.5) is 0 Å². The van der Waals surface area contributed by atoms with E-state index < -0.39 is 0 Å². The predicted molar refractivity (Wildman–Crippen MR) is 96.0 cm³/mol. The van der Waals surface area contributed by atoms with Crippen LogP contribution in [0.5, 0.6) is 0 Å². The zero-order chi connectivity index (χ0) is 15.8. The van der Waals surface area contributed by atoms with Crippen LogP contribution in [0.15, 0.2) is 53.2 Å². The second kappa shape index (κ2) is 5.77. The second-order valence-corrected chi connectivity index (χ2v) is 6.54. The van der Waals surface area contributed by atoms with Crippen molar-refractivity contribution in [2.24, 2.45) is 0 Å². The third-order valence-corrected chi connectivity index (χ3v) is 4.08. The van der Waals surface area contributed by atoms with Gasteiger partial charge in [0.25, 0.3) is 0 Å². The van der Waals surface area contributed by atoms with Gasteiger partial charge in [-0.3, -0.25) is 4.68 Å². The molecule has 0 unspecified atom stereocenters. The first kappa shape index (κ1) is 14.4. The van der Waals surface area contributed by atoms with Crippen LogP contribution in [-0.2, 0) is 6.54 Å². The maximum absolute atomic E-state index is 5.84. The van der Waals surface area contributed by atoms with Gasteiger partial charge in [0.2, 0.25) is 11.6 Å². The molecular weight excluding hydrogens is 403 g/mol. The number of pyridine rings is 1. The minimum Gasteiger partial charge on any atom is -0.420 e. The summed E-state index contributed by atoms with van der Waals surface area (Å²) in [5, 5.41) is 4.27. The normalized spacial score (nSPS) is 11.2. The van der Waals surface area contributed by atoms with Crippen LogP contribution in [0.1, 0.15) is 11.6 Å². The summed E-state index contributed by atoms with van der Waals surface area (Å²) in [7, 11) is 0. The van der Waals surface area contributed by atoms with E-state index in [9.17, 15) is 0 Å². The molecule has 0 aliphatic rings. The Balaban J connectivity index is 1.82. The molecule has 23 heavy (non-hydrogen) atoms. The van der Waals surface area contributed by atoms with E-state index in [4.69, 9.17) is 4.42 Å². The third-order valence-electron chi connectivity index (χ3n) is 3.52. The number of oxazole rings is 1. The van der Waals surface area contributed by atoms with E-state index in [1.54, 1.807) is 6.20 Å². The topological polar surface area (TPSA) is 56.7 Å². The molecule has 0 aliphatic heterocycles. The molecule has 0 amide bonds. The van der Waals surface area contributed by atoms with Crippen molar-refractivity contribution in [1.82, 2.24) is 19.7 Å². The Morgan fingerprint density at radius 1 is 1.17 bits per heavy atom. The molecule has 1 aromatic carbocycles. The number of nitrogens with zero attached hydrogens (tertiary/aromatic N) is 4. The molecule has 0 saturated heterocycles. The SMILES string of the molecule is Cc1cc(-c2ccccc2)c2nc(Cn3cc(I)cn3)oc2n1. The van der Waals surface area contributed by atoms with Gasteiger partial charge in [0.05, 0.1) is 9.77 Å². The van der Waals surface area contributed by atoms with Crippen molar-refractivity contribution in [2.45, 2.75) is 13.5 Å². The zero-order valence-corrected chi connectivity index (χ0v) is 14.6. The van der Waals surface area contributed by atoms with Gasteiger partial charge >= 0.3 is 0 Å². The van der Waals surface area contributed by atoms with E-state index in [-0.39, 0.29) is 0 Å². The number of hydrogen-bond acceptors (Lipinski definition) is 4. The molecular formula is C17H13IN4O. The Morgan fingerprint density at radius 3 is 2.74 bits per heavy atom. The summed E-state index contributed by atoms with van der Waals surface area (Å²) in [6.45, 7) is 2.45. The Hall–Kier alpha value is -2.22. The third kappa shape index (κ3) is 2.86. The lowest BCUT2D eigenvalue weighted by Gasteiger charge is -2.02. The van der Waals surface area contributed by atoms with Crippen molar-refractivity contribution < 1.29 is 4.42 Å². The van der Waals surface area contributed by atoms with Crippen LogP contribution in [0.25, 0.3) is 22.4 Å². The highest BCUT2D eigenvalue weighted by atomic mass is 127. The number of aryl methyl sites for hydroxylation is 1. The molecule has 114 valence electrons. The van der Waals surface area contributed by atoms with Crippen molar-refractivity contribution in [3.05, 3.63) is 63.9 Å². The molecule has 0 N–H and O–H groups in total. The Bertz CT molecular complexity index is 975. The number of benzene rings is 1. The summed E-state index contributed by atoms with van der Waals surface area (Å²) in [5.41, 5.74) is 4.42. The Labute approximate surface area is 146 Å². The van der Waals surface area contributed by atoms with Crippen LogP contribution in [0.2, 0.25) is 0 Å². The highest BCUT2D eigenvalue weighted by Gasteiger charge is 2.14. The quantitative estimate of drug-likeness (QED) is 0.473. The summed E-state index contributed by atoms with van der Waals surface area (Å²) in [4.78, 5) is 9.11. The smallest absolute Gasteiger partial charge is 0.247 e. The van der Waals surface area contributed by atoms with Gasteiger partial charge in [-0.25, -0.2) is 9.97 Å². The van der Waals surface area contributed by atoms with Gasteiger partial charge in [-0.2, -0.15) is 5.10 Å². The highest BCUT2D eigenvalue weighted by Crippen LogP contribution is 2.28. The van der Waals surface area contributed by atoms with Crippen LogP contribution in [0.3, 0.4) is 0 Å². The highest BCUT2D eigenvalue weighted by molar-refractivity contribution is 14.1. The van der Waals surface area contributed by atoms with Gasteiger partial charge in [0, 0.05) is 17.5 Å². The fourth-order valence-corrected chi connectivity index (χ4v) is 2.99. The summed E-state index contributed by atoms with van der Waals surface area (Å²) in [6, 6.07) is 12.2. The van der Waals surface area contributed by atoms with E-state index in [0.717, 1.165) is 25.9 Å². The van der Waals surface area contributed by atoms with Gasteiger partial charge in [-0.1, -0.05) is 30.3 Å². The zero-order valence-electron chi connectivity index (χ0n) is 12.4. The number of hydrogen-bond donors (Lipinski definition) is 0. The molecule has 4 rings (SSSR count). The maximum Gasteiger partial charge on any atom is 0.247 e. The van der Waals surface area contributed by atoms with E-state index >= 15 is 0 Å². The second-order valence-electron chi connectivity index (χ2n) is 5.29. The Kier molecular flexibility index (Phi) is 3.60. The molecule has 0 aliphatic carbocycles. The number of rotatable bonds is 3. The number of aromatic nitrogens is 4. The minimum absolute atomic E-state index is 0.493. The molecule has 0 bridgehead atoms. The predicted octanol–water partition coefficient (Wildman–Crippen LogP) is 4.05. The molecule has 6 heteroatoms. The van der Waals surface area contributed by atoms with Crippen LogP contribution < -0.4 is 0 Å². The van der Waals surface area contributed by atoms with Crippen molar-refractivity contribution >= 4 is 33.8 Å². The average Bonchev–Trinajstić information content (AvgIpc) is 3.13. The Morgan fingerprint density at radius 2 is 2.00 bits per heavy atom.